The monoisotopic (exact) mass is 324 g/mol. The maximum Gasteiger partial charge on any atom is 0.0900 e. The van der Waals surface area contributed by atoms with Crippen molar-refractivity contribution in [1.29, 1.82) is 0 Å². The molecule has 4 atom stereocenters. The van der Waals surface area contributed by atoms with Crippen molar-refractivity contribution in [3.63, 3.8) is 0 Å². The maximum atomic E-state index is 10.4. The summed E-state index contributed by atoms with van der Waals surface area (Å²) in [6.45, 7) is 16.2. The summed E-state index contributed by atoms with van der Waals surface area (Å²) >= 11 is 0. The minimum Gasteiger partial charge on any atom is -0.389 e. The molecule has 0 radical (unpaired) electrons. The van der Waals surface area contributed by atoms with Gasteiger partial charge in [0.05, 0.1) is 18.8 Å². The van der Waals surface area contributed by atoms with E-state index in [0.717, 1.165) is 45.2 Å². The molecule has 4 nitrogen and oxygen atoms in total. The van der Waals surface area contributed by atoms with Gasteiger partial charge < -0.3 is 14.7 Å². The highest BCUT2D eigenvalue weighted by molar-refractivity contribution is 5.11. The Morgan fingerprint density at radius 3 is 2.30 bits per heavy atom. The van der Waals surface area contributed by atoms with Crippen LogP contribution in [0.1, 0.15) is 47.0 Å². The summed E-state index contributed by atoms with van der Waals surface area (Å²) in [7, 11) is 0. The Morgan fingerprint density at radius 2 is 1.78 bits per heavy atom. The third kappa shape index (κ3) is 3.20. The molecular weight excluding hydrogens is 288 g/mol. The lowest BCUT2D eigenvalue weighted by atomic mass is 9.70. The van der Waals surface area contributed by atoms with Gasteiger partial charge in [-0.2, -0.15) is 0 Å². The highest BCUT2D eigenvalue weighted by Crippen LogP contribution is 2.66. The summed E-state index contributed by atoms with van der Waals surface area (Å²) < 4.78 is 6.23. The Morgan fingerprint density at radius 1 is 1.13 bits per heavy atom. The molecule has 0 amide bonds. The van der Waals surface area contributed by atoms with Crippen molar-refractivity contribution in [3.8, 4) is 0 Å². The predicted molar refractivity (Wildman–Crippen MR) is 93.5 cm³/mol. The van der Waals surface area contributed by atoms with Gasteiger partial charge in [0.15, 0.2) is 0 Å². The molecule has 0 aromatic carbocycles. The molecule has 0 unspecified atom stereocenters. The quantitative estimate of drug-likeness (QED) is 0.813. The van der Waals surface area contributed by atoms with E-state index in [1.54, 1.807) is 0 Å². The second-order valence-electron chi connectivity index (χ2n) is 8.82. The van der Waals surface area contributed by atoms with Gasteiger partial charge in [0, 0.05) is 32.7 Å². The Bertz CT molecular complexity index is 406. The van der Waals surface area contributed by atoms with Crippen LogP contribution in [0.25, 0.3) is 0 Å². The van der Waals surface area contributed by atoms with Crippen molar-refractivity contribution < 1.29 is 9.84 Å². The zero-order valence-electron chi connectivity index (χ0n) is 15.6. The third-order valence-electron chi connectivity index (χ3n) is 7.58. The summed E-state index contributed by atoms with van der Waals surface area (Å²) in [5.41, 5.74) is 0.684. The van der Waals surface area contributed by atoms with E-state index >= 15 is 0 Å². The lowest BCUT2D eigenvalue weighted by molar-refractivity contribution is -0.0806. The van der Waals surface area contributed by atoms with Gasteiger partial charge in [-0.25, -0.2) is 0 Å². The first-order chi connectivity index (χ1) is 10.9. The summed E-state index contributed by atoms with van der Waals surface area (Å²) in [5, 5.41) is 10.4. The van der Waals surface area contributed by atoms with E-state index in [0.29, 0.717) is 23.5 Å². The Hall–Kier alpha value is -0.160. The largest absolute Gasteiger partial charge is 0.389 e. The van der Waals surface area contributed by atoms with Crippen LogP contribution in [0.3, 0.4) is 0 Å². The summed E-state index contributed by atoms with van der Waals surface area (Å²) in [6.07, 6.45) is 3.81. The number of hydrogen-bond acceptors (Lipinski definition) is 4. The molecule has 2 saturated carbocycles. The average Bonchev–Trinajstić information content (AvgIpc) is 2.86. The Kier molecular flexibility index (Phi) is 5.09. The molecule has 23 heavy (non-hydrogen) atoms. The average molecular weight is 325 g/mol. The molecule has 1 heterocycles. The summed E-state index contributed by atoms with van der Waals surface area (Å²) in [6, 6.07) is 0. The van der Waals surface area contributed by atoms with E-state index < -0.39 is 0 Å². The minimum atomic E-state index is -0.353. The summed E-state index contributed by atoms with van der Waals surface area (Å²) in [4.78, 5) is 4.85. The number of aliphatic hydroxyl groups is 1. The minimum absolute atomic E-state index is 0.296. The molecule has 1 N–H and O–H groups in total. The zero-order chi connectivity index (χ0) is 16.7. The lowest BCUT2D eigenvalue weighted by Crippen LogP contribution is -2.49. The fourth-order valence-electron chi connectivity index (χ4n) is 5.25. The SMILES string of the molecule is CCN1CCN(C[C@H](O)CO[C@@H]2C[C@H]3CC[C@@]2(C)C3(C)C)CC1. The van der Waals surface area contributed by atoms with E-state index in [2.05, 4.69) is 37.5 Å². The van der Waals surface area contributed by atoms with Gasteiger partial charge in [-0.1, -0.05) is 27.7 Å². The number of ether oxygens (including phenoxy) is 1. The Balaban J connectivity index is 1.43. The number of piperazine rings is 1. The third-order valence-corrected chi connectivity index (χ3v) is 7.58. The molecule has 134 valence electrons. The van der Waals surface area contributed by atoms with E-state index in [-0.39, 0.29) is 6.10 Å². The first kappa shape index (κ1) is 17.7. The van der Waals surface area contributed by atoms with Crippen LogP contribution >= 0.6 is 0 Å². The van der Waals surface area contributed by atoms with Gasteiger partial charge in [0.25, 0.3) is 0 Å². The second kappa shape index (κ2) is 6.62. The van der Waals surface area contributed by atoms with Gasteiger partial charge in [-0.15, -0.1) is 0 Å². The number of aliphatic hydroxyl groups excluding tert-OH is 1. The number of hydrogen-bond donors (Lipinski definition) is 1. The first-order valence-corrected chi connectivity index (χ1v) is 9.61. The number of β-amino-alcohol motifs (C(OH)–C–C–N with tert-alkyl or cyclic N) is 1. The molecule has 1 saturated heterocycles. The van der Waals surface area contributed by atoms with Gasteiger partial charge in [-0.05, 0) is 42.6 Å². The fourth-order valence-corrected chi connectivity index (χ4v) is 5.25. The van der Waals surface area contributed by atoms with Crippen LogP contribution < -0.4 is 0 Å². The van der Waals surface area contributed by atoms with Gasteiger partial charge in [0.1, 0.15) is 0 Å². The zero-order valence-corrected chi connectivity index (χ0v) is 15.6. The molecule has 0 aromatic rings. The van der Waals surface area contributed by atoms with E-state index in [1.807, 2.05) is 0 Å². The topological polar surface area (TPSA) is 35.9 Å². The maximum absolute atomic E-state index is 10.4. The van der Waals surface area contributed by atoms with Crippen LogP contribution in [-0.2, 0) is 4.74 Å². The van der Waals surface area contributed by atoms with Crippen LogP contribution in [0.15, 0.2) is 0 Å². The van der Waals surface area contributed by atoms with Gasteiger partial charge in [-0.3, -0.25) is 4.90 Å². The molecule has 3 aliphatic rings. The molecule has 2 aliphatic carbocycles. The van der Waals surface area contributed by atoms with E-state index in [4.69, 9.17) is 4.74 Å². The van der Waals surface area contributed by atoms with Crippen LogP contribution in [-0.4, -0.2) is 73.0 Å². The highest BCUT2D eigenvalue weighted by atomic mass is 16.5. The normalized spacial score (nSPS) is 39.0. The smallest absolute Gasteiger partial charge is 0.0900 e. The molecule has 1 aliphatic heterocycles. The first-order valence-electron chi connectivity index (χ1n) is 9.61. The van der Waals surface area contributed by atoms with Crippen LogP contribution in [0.2, 0.25) is 0 Å². The van der Waals surface area contributed by atoms with Crippen molar-refractivity contribution >= 4 is 0 Å². The fraction of sp³-hybridized carbons (Fsp3) is 1.00. The van der Waals surface area contributed by atoms with Gasteiger partial charge >= 0.3 is 0 Å². The van der Waals surface area contributed by atoms with Crippen LogP contribution in [0, 0.1) is 16.7 Å². The number of fused-ring (bicyclic) bond motifs is 2. The number of likely N-dealkylation sites (N-methyl/N-ethyl adjacent to an activating group) is 1. The number of rotatable bonds is 6. The van der Waals surface area contributed by atoms with Crippen molar-refractivity contribution in [3.05, 3.63) is 0 Å². The van der Waals surface area contributed by atoms with Crippen molar-refractivity contribution in [2.24, 2.45) is 16.7 Å². The van der Waals surface area contributed by atoms with Crippen molar-refractivity contribution in [1.82, 2.24) is 9.80 Å². The number of nitrogens with zero attached hydrogens (tertiary/aromatic N) is 2. The van der Waals surface area contributed by atoms with Crippen molar-refractivity contribution in [2.75, 3.05) is 45.9 Å². The Labute approximate surface area is 142 Å². The highest BCUT2D eigenvalue weighted by Gasteiger charge is 2.61. The molecule has 0 spiro atoms. The standard InChI is InChI=1S/C19H36N2O2/c1-5-20-8-10-21(11-9-20)13-16(22)14-23-17-12-15-6-7-19(17,4)18(15,2)3/h15-17,22H,5-14H2,1-4H3/t15-,16+,17-,19-/m1/s1. The predicted octanol–water partition coefficient (Wildman–Crippen LogP) is 2.22. The molecule has 3 fully saturated rings. The molecule has 4 heteroatoms. The molecule has 2 bridgehead atoms. The van der Waals surface area contributed by atoms with Crippen LogP contribution in [0.4, 0.5) is 0 Å². The summed E-state index contributed by atoms with van der Waals surface area (Å²) in [5.74, 6) is 0.803. The second-order valence-corrected chi connectivity index (χ2v) is 8.82. The van der Waals surface area contributed by atoms with Gasteiger partial charge in [0.2, 0.25) is 0 Å². The molecule has 0 aromatic heterocycles. The van der Waals surface area contributed by atoms with E-state index in [1.165, 1.54) is 19.3 Å². The molecular formula is C19H36N2O2. The molecule has 3 rings (SSSR count). The van der Waals surface area contributed by atoms with Crippen LogP contribution in [0.5, 0.6) is 0 Å². The van der Waals surface area contributed by atoms with Crippen molar-refractivity contribution in [2.45, 2.75) is 59.2 Å². The lowest BCUT2D eigenvalue weighted by Gasteiger charge is -2.39. The van der Waals surface area contributed by atoms with E-state index in [9.17, 15) is 5.11 Å².